The molecule has 0 aromatic heterocycles. The fraction of sp³-hybridized carbons (Fsp3) is 0.188. The van der Waals surface area contributed by atoms with Crippen molar-refractivity contribution < 1.29 is 9.18 Å². The monoisotopic (exact) mass is 333 g/mol. The van der Waals surface area contributed by atoms with E-state index in [9.17, 15) is 9.18 Å². The van der Waals surface area contributed by atoms with Crippen LogP contribution in [0.1, 0.15) is 22.3 Å². The molecule has 0 fully saturated rings. The molecular weight excluding hydrogens is 321 g/mol. The zero-order valence-corrected chi connectivity index (χ0v) is 12.4. The van der Waals surface area contributed by atoms with Crippen molar-refractivity contribution in [1.82, 2.24) is 0 Å². The van der Waals surface area contributed by atoms with Crippen LogP contribution in [0.5, 0.6) is 0 Å². The van der Waals surface area contributed by atoms with Crippen LogP contribution >= 0.6 is 15.9 Å². The van der Waals surface area contributed by atoms with Gasteiger partial charge < -0.3 is 4.90 Å². The number of nitrogens with zero attached hydrogens (tertiary/aromatic N) is 1. The molecule has 1 amide bonds. The number of hydrogen-bond donors (Lipinski definition) is 0. The van der Waals surface area contributed by atoms with Gasteiger partial charge in [0.1, 0.15) is 5.82 Å². The van der Waals surface area contributed by atoms with E-state index in [0.29, 0.717) is 11.0 Å². The number of fused-ring (bicyclic) bond motifs is 1. The highest BCUT2D eigenvalue weighted by Crippen LogP contribution is 2.29. The first-order chi connectivity index (χ1) is 9.68. The Morgan fingerprint density at radius 1 is 1.15 bits per heavy atom. The van der Waals surface area contributed by atoms with Crippen LogP contribution in [-0.2, 0) is 6.42 Å². The second-order valence-corrected chi connectivity index (χ2v) is 5.64. The average Bonchev–Trinajstić information content (AvgIpc) is 2.49. The molecule has 0 spiro atoms. The van der Waals surface area contributed by atoms with Crippen molar-refractivity contribution in [3.63, 3.8) is 0 Å². The van der Waals surface area contributed by atoms with Crippen molar-refractivity contribution in [2.45, 2.75) is 12.8 Å². The van der Waals surface area contributed by atoms with Gasteiger partial charge in [0.25, 0.3) is 5.91 Å². The molecule has 2 aromatic rings. The first-order valence-electron chi connectivity index (χ1n) is 6.52. The molecule has 1 aliphatic rings. The van der Waals surface area contributed by atoms with Crippen molar-refractivity contribution in [1.29, 1.82) is 0 Å². The van der Waals surface area contributed by atoms with Crippen LogP contribution in [-0.4, -0.2) is 12.5 Å². The summed E-state index contributed by atoms with van der Waals surface area (Å²) in [6, 6.07) is 12.6. The summed E-state index contributed by atoms with van der Waals surface area (Å²) in [6.07, 6.45) is 1.86. The second kappa shape index (κ2) is 5.37. The van der Waals surface area contributed by atoms with Gasteiger partial charge in [-0.25, -0.2) is 4.39 Å². The van der Waals surface area contributed by atoms with Crippen LogP contribution in [0, 0.1) is 5.82 Å². The number of amides is 1. The third-order valence-electron chi connectivity index (χ3n) is 3.54. The first-order valence-corrected chi connectivity index (χ1v) is 7.31. The zero-order chi connectivity index (χ0) is 14.1. The topological polar surface area (TPSA) is 20.3 Å². The van der Waals surface area contributed by atoms with E-state index >= 15 is 0 Å². The Balaban J connectivity index is 2.02. The van der Waals surface area contributed by atoms with Crippen molar-refractivity contribution >= 4 is 27.5 Å². The molecule has 3 rings (SSSR count). The van der Waals surface area contributed by atoms with E-state index in [0.717, 1.165) is 24.1 Å². The van der Waals surface area contributed by atoms with Gasteiger partial charge >= 0.3 is 0 Å². The summed E-state index contributed by atoms with van der Waals surface area (Å²) in [4.78, 5) is 14.3. The lowest BCUT2D eigenvalue weighted by molar-refractivity contribution is 0.0981. The molecular formula is C16H13BrFNO. The van der Waals surface area contributed by atoms with Gasteiger partial charge in [0.15, 0.2) is 0 Å². The minimum Gasteiger partial charge on any atom is -0.308 e. The first kappa shape index (κ1) is 13.3. The van der Waals surface area contributed by atoms with Gasteiger partial charge in [-0.05, 0) is 52.5 Å². The number of aryl methyl sites for hydroxylation is 1. The molecule has 0 saturated carbocycles. The minimum atomic E-state index is -0.499. The summed E-state index contributed by atoms with van der Waals surface area (Å²) in [5.74, 6) is -0.781. The van der Waals surface area contributed by atoms with Crippen molar-refractivity contribution in [3.05, 3.63) is 63.9 Å². The van der Waals surface area contributed by atoms with E-state index in [2.05, 4.69) is 15.9 Å². The molecule has 2 aromatic carbocycles. The van der Waals surface area contributed by atoms with Crippen molar-refractivity contribution in [3.8, 4) is 0 Å². The number of benzene rings is 2. The van der Waals surface area contributed by atoms with Crippen LogP contribution in [0.4, 0.5) is 10.1 Å². The summed E-state index contributed by atoms with van der Waals surface area (Å²) in [5.41, 5.74) is 2.14. The molecule has 2 nitrogen and oxygen atoms in total. The van der Waals surface area contributed by atoms with Crippen LogP contribution < -0.4 is 4.90 Å². The van der Waals surface area contributed by atoms with Gasteiger partial charge in [-0.1, -0.05) is 24.3 Å². The molecule has 0 atom stereocenters. The largest absolute Gasteiger partial charge is 0.308 e. The predicted octanol–water partition coefficient (Wildman–Crippen LogP) is 4.18. The molecule has 0 aliphatic carbocycles. The Morgan fingerprint density at radius 2 is 1.95 bits per heavy atom. The lowest BCUT2D eigenvalue weighted by Crippen LogP contribution is -2.36. The molecule has 20 heavy (non-hydrogen) atoms. The summed E-state index contributed by atoms with van der Waals surface area (Å²) in [6.45, 7) is 0.627. The van der Waals surface area contributed by atoms with Crippen LogP contribution in [0.2, 0.25) is 0 Å². The number of halogens is 2. The van der Waals surface area contributed by atoms with Gasteiger partial charge in [-0.3, -0.25) is 4.79 Å². The summed E-state index contributed by atoms with van der Waals surface area (Å²) < 4.78 is 14.4. The van der Waals surface area contributed by atoms with E-state index < -0.39 is 5.82 Å². The zero-order valence-electron chi connectivity index (χ0n) is 10.8. The molecule has 4 heteroatoms. The number of para-hydroxylation sites is 1. The molecule has 1 aliphatic heterocycles. The Bertz CT molecular complexity index is 671. The van der Waals surface area contributed by atoms with Gasteiger partial charge in [-0.15, -0.1) is 0 Å². The van der Waals surface area contributed by atoms with Gasteiger partial charge in [-0.2, -0.15) is 0 Å². The van der Waals surface area contributed by atoms with Gasteiger partial charge in [0, 0.05) is 12.2 Å². The number of anilines is 1. The van der Waals surface area contributed by atoms with Gasteiger partial charge in [0.2, 0.25) is 0 Å². The maximum absolute atomic E-state index is 14.1. The molecule has 0 unspecified atom stereocenters. The Labute approximate surface area is 125 Å². The fourth-order valence-electron chi connectivity index (χ4n) is 2.56. The molecule has 1 heterocycles. The van der Waals surface area contributed by atoms with Crippen LogP contribution in [0.25, 0.3) is 0 Å². The van der Waals surface area contributed by atoms with E-state index in [1.165, 1.54) is 6.07 Å². The highest BCUT2D eigenvalue weighted by molar-refractivity contribution is 9.10. The maximum Gasteiger partial charge on any atom is 0.261 e. The van der Waals surface area contributed by atoms with Crippen LogP contribution in [0.15, 0.2) is 46.9 Å². The Hall–Kier alpha value is -1.68. The minimum absolute atomic E-state index is 0.107. The number of carbonyl (C=O) groups excluding carboxylic acids is 1. The molecule has 0 radical (unpaired) electrons. The number of hydrogen-bond acceptors (Lipinski definition) is 1. The van der Waals surface area contributed by atoms with E-state index in [-0.39, 0.29) is 11.5 Å². The summed E-state index contributed by atoms with van der Waals surface area (Å²) >= 11 is 3.12. The normalized spacial score (nSPS) is 14.0. The molecule has 0 N–H and O–H groups in total. The summed E-state index contributed by atoms with van der Waals surface area (Å²) in [7, 11) is 0. The van der Waals surface area contributed by atoms with Gasteiger partial charge in [0.05, 0.1) is 10.0 Å². The maximum atomic E-state index is 14.1. The lowest BCUT2D eigenvalue weighted by atomic mass is 10.0. The quantitative estimate of drug-likeness (QED) is 0.766. The molecule has 0 bridgehead atoms. The fourth-order valence-corrected chi connectivity index (χ4v) is 2.93. The summed E-state index contributed by atoms with van der Waals surface area (Å²) in [5, 5.41) is 0. The third-order valence-corrected chi connectivity index (χ3v) is 4.15. The van der Waals surface area contributed by atoms with Crippen molar-refractivity contribution in [2.75, 3.05) is 11.4 Å². The SMILES string of the molecule is O=C(c1cccc(Br)c1F)N1CCCc2ccccc21. The predicted molar refractivity (Wildman–Crippen MR) is 80.5 cm³/mol. The highest BCUT2D eigenvalue weighted by Gasteiger charge is 2.25. The van der Waals surface area contributed by atoms with Crippen molar-refractivity contribution in [2.24, 2.45) is 0 Å². The Morgan fingerprint density at radius 3 is 2.80 bits per heavy atom. The van der Waals surface area contributed by atoms with E-state index in [1.54, 1.807) is 17.0 Å². The number of rotatable bonds is 1. The smallest absolute Gasteiger partial charge is 0.261 e. The number of carbonyl (C=O) groups is 1. The van der Waals surface area contributed by atoms with E-state index in [1.807, 2.05) is 24.3 Å². The molecule has 102 valence electrons. The second-order valence-electron chi connectivity index (χ2n) is 4.79. The average molecular weight is 334 g/mol. The lowest BCUT2D eigenvalue weighted by Gasteiger charge is -2.29. The highest BCUT2D eigenvalue weighted by atomic mass is 79.9. The Kier molecular flexibility index (Phi) is 3.57. The molecule has 0 saturated heterocycles. The van der Waals surface area contributed by atoms with E-state index in [4.69, 9.17) is 0 Å². The third kappa shape index (κ3) is 2.24. The van der Waals surface area contributed by atoms with Crippen LogP contribution in [0.3, 0.4) is 0 Å². The standard InChI is InChI=1S/C16H13BrFNO/c17-13-8-3-7-12(15(13)18)16(20)19-10-4-6-11-5-1-2-9-14(11)19/h1-3,5,7-9H,4,6,10H2.